The van der Waals surface area contributed by atoms with Crippen molar-refractivity contribution < 1.29 is 19.1 Å². The van der Waals surface area contributed by atoms with Crippen molar-refractivity contribution in [2.45, 2.75) is 31.5 Å². The first-order valence-corrected chi connectivity index (χ1v) is 3.95. The van der Waals surface area contributed by atoms with Gasteiger partial charge >= 0.3 is 5.97 Å². The number of ether oxygens (including phenoxy) is 2. The molecule has 1 aliphatic heterocycles. The summed E-state index contributed by atoms with van der Waals surface area (Å²) in [5, 5.41) is 0. The number of esters is 1. The van der Waals surface area contributed by atoms with Crippen LogP contribution in [0, 0.1) is 0 Å². The molecule has 0 bridgehead atoms. The molecule has 1 rings (SSSR count). The molecular formula is C8H12O4. The molecule has 0 saturated carbocycles. The maximum atomic E-state index is 10.6. The highest BCUT2D eigenvalue weighted by molar-refractivity contribution is 5.69. The molecule has 0 aliphatic carbocycles. The first-order chi connectivity index (χ1) is 5.77. The van der Waals surface area contributed by atoms with E-state index in [0.29, 0.717) is 6.42 Å². The van der Waals surface area contributed by atoms with Gasteiger partial charge in [-0.1, -0.05) is 0 Å². The molecule has 2 atom stereocenters. The molecule has 68 valence electrons. The molecule has 1 saturated heterocycles. The lowest BCUT2D eigenvalue weighted by molar-refractivity contribution is -0.140. The predicted octanol–water partition coefficient (Wildman–Crippen LogP) is 0.296. The second kappa shape index (κ2) is 4.21. The molecule has 12 heavy (non-hydrogen) atoms. The zero-order valence-corrected chi connectivity index (χ0v) is 6.99. The Balaban J connectivity index is 1.97. The Morgan fingerprint density at radius 3 is 2.92 bits per heavy atom. The van der Waals surface area contributed by atoms with E-state index in [1.807, 2.05) is 0 Å². The van der Waals surface area contributed by atoms with Crippen LogP contribution in [0.5, 0.6) is 0 Å². The van der Waals surface area contributed by atoms with Gasteiger partial charge in [-0.05, 0) is 12.8 Å². The maximum Gasteiger partial charge on any atom is 0.305 e. The van der Waals surface area contributed by atoms with Crippen molar-refractivity contribution in [3.63, 3.8) is 0 Å². The molecular weight excluding hydrogens is 160 g/mol. The summed E-state index contributed by atoms with van der Waals surface area (Å²) in [4.78, 5) is 20.7. The first-order valence-electron chi connectivity index (χ1n) is 3.95. The van der Waals surface area contributed by atoms with E-state index in [2.05, 4.69) is 4.74 Å². The van der Waals surface area contributed by atoms with Gasteiger partial charge in [0, 0.05) is 6.42 Å². The van der Waals surface area contributed by atoms with Crippen LogP contribution in [-0.2, 0) is 19.1 Å². The van der Waals surface area contributed by atoms with Crippen molar-refractivity contribution in [1.29, 1.82) is 0 Å². The van der Waals surface area contributed by atoms with Crippen LogP contribution in [-0.4, -0.2) is 31.6 Å². The lowest BCUT2D eigenvalue weighted by Crippen LogP contribution is -2.01. The summed E-state index contributed by atoms with van der Waals surface area (Å²) in [6.45, 7) is 0. The Kier molecular flexibility index (Phi) is 3.22. The summed E-state index contributed by atoms with van der Waals surface area (Å²) in [7, 11) is 1.37. The normalized spacial score (nSPS) is 26.4. The largest absolute Gasteiger partial charge is 0.469 e. The zero-order chi connectivity index (χ0) is 8.97. The van der Waals surface area contributed by atoms with Crippen LogP contribution in [0.4, 0.5) is 0 Å². The summed E-state index contributed by atoms with van der Waals surface area (Å²) in [6.07, 6.45) is 2.51. The van der Waals surface area contributed by atoms with E-state index in [0.717, 1.165) is 19.1 Å². The Hall–Kier alpha value is -0.900. The Labute approximate surface area is 70.8 Å². The topological polar surface area (TPSA) is 55.9 Å². The molecule has 1 fully saturated rings. The Morgan fingerprint density at radius 1 is 1.67 bits per heavy atom. The smallest absolute Gasteiger partial charge is 0.305 e. The van der Waals surface area contributed by atoms with Crippen molar-refractivity contribution in [3.05, 3.63) is 0 Å². The minimum absolute atomic E-state index is 0.0483. The number of carbonyl (C=O) groups excluding carboxylic acids is 2. The van der Waals surface area contributed by atoms with Gasteiger partial charge in [0.2, 0.25) is 0 Å². The summed E-state index contributed by atoms with van der Waals surface area (Å²) in [6, 6.07) is 0. The monoisotopic (exact) mass is 172 g/mol. The van der Waals surface area contributed by atoms with Crippen LogP contribution in [0.25, 0.3) is 0 Å². The van der Waals surface area contributed by atoms with Crippen molar-refractivity contribution in [2.24, 2.45) is 0 Å². The van der Waals surface area contributed by atoms with Gasteiger partial charge < -0.3 is 14.3 Å². The first kappa shape index (κ1) is 9.19. The second-order valence-electron chi connectivity index (χ2n) is 2.74. The number of methoxy groups -OCH3 is 1. The molecule has 0 aromatic rings. The van der Waals surface area contributed by atoms with E-state index >= 15 is 0 Å². The minimum atomic E-state index is -0.220. The average molecular weight is 172 g/mol. The average Bonchev–Trinajstić information content (AvgIpc) is 2.83. The van der Waals surface area contributed by atoms with Crippen molar-refractivity contribution in [3.8, 4) is 0 Å². The maximum absolute atomic E-state index is 10.6. The van der Waals surface area contributed by atoms with Gasteiger partial charge in [0.25, 0.3) is 0 Å². The predicted molar refractivity (Wildman–Crippen MR) is 40.6 cm³/mol. The number of hydrogen-bond acceptors (Lipinski definition) is 4. The third-order valence-electron chi connectivity index (χ3n) is 1.85. The van der Waals surface area contributed by atoms with Crippen molar-refractivity contribution in [1.82, 2.24) is 0 Å². The van der Waals surface area contributed by atoms with Gasteiger partial charge in [-0.15, -0.1) is 0 Å². The van der Waals surface area contributed by atoms with Crippen molar-refractivity contribution >= 4 is 12.3 Å². The fraction of sp³-hybridized carbons (Fsp3) is 0.750. The van der Waals surface area contributed by atoms with Crippen LogP contribution >= 0.6 is 0 Å². The van der Waals surface area contributed by atoms with Gasteiger partial charge in [-0.3, -0.25) is 4.79 Å². The van der Waals surface area contributed by atoms with E-state index in [1.54, 1.807) is 0 Å². The number of aldehydes is 1. The molecule has 0 N–H and O–H groups in total. The highest BCUT2D eigenvalue weighted by Crippen LogP contribution is 2.24. The van der Waals surface area contributed by atoms with Crippen LogP contribution in [0.1, 0.15) is 19.3 Å². The summed E-state index contributed by atoms with van der Waals surface area (Å²) in [5.74, 6) is -0.210. The van der Waals surface area contributed by atoms with Gasteiger partial charge in [0.05, 0.1) is 13.2 Å². The third-order valence-corrected chi connectivity index (χ3v) is 1.85. The van der Waals surface area contributed by atoms with E-state index in [-0.39, 0.29) is 18.2 Å². The van der Waals surface area contributed by atoms with E-state index < -0.39 is 0 Å². The van der Waals surface area contributed by atoms with Crippen LogP contribution < -0.4 is 0 Å². The molecule has 0 aromatic heterocycles. The molecule has 0 unspecified atom stereocenters. The zero-order valence-electron chi connectivity index (χ0n) is 6.99. The molecule has 0 amide bonds. The summed E-state index contributed by atoms with van der Waals surface area (Å²) < 4.78 is 9.42. The van der Waals surface area contributed by atoms with Crippen LogP contribution in [0.2, 0.25) is 0 Å². The highest BCUT2D eigenvalue weighted by Gasteiger charge is 2.37. The second-order valence-corrected chi connectivity index (χ2v) is 2.74. The number of carbonyl (C=O) groups is 2. The van der Waals surface area contributed by atoms with Gasteiger partial charge in [0.15, 0.2) is 6.29 Å². The molecule has 0 aromatic carbocycles. The van der Waals surface area contributed by atoms with E-state index in [9.17, 15) is 9.59 Å². The lowest BCUT2D eigenvalue weighted by atomic mass is 10.1. The fourth-order valence-corrected chi connectivity index (χ4v) is 1.06. The van der Waals surface area contributed by atoms with Crippen LogP contribution in [0.3, 0.4) is 0 Å². The van der Waals surface area contributed by atoms with Gasteiger partial charge in [0.1, 0.15) is 6.10 Å². The number of rotatable bonds is 5. The molecule has 1 heterocycles. The minimum Gasteiger partial charge on any atom is -0.469 e. The Bertz CT molecular complexity index is 178. The number of hydrogen-bond donors (Lipinski definition) is 0. The standard InChI is InChI=1S/C8H12O4/c1-11-8(10)4-2-3-6-7(5-9)12-6/h5-7H,2-4H2,1H3/t6-,7-/m0/s1. The molecule has 0 radical (unpaired) electrons. The lowest BCUT2D eigenvalue weighted by Gasteiger charge is -1.95. The number of epoxide rings is 1. The molecule has 1 aliphatic rings. The quantitative estimate of drug-likeness (QED) is 0.340. The molecule has 4 heteroatoms. The van der Waals surface area contributed by atoms with Crippen LogP contribution in [0.15, 0.2) is 0 Å². The Morgan fingerprint density at radius 2 is 2.42 bits per heavy atom. The molecule has 4 nitrogen and oxygen atoms in total. The summed E-state index contributed by atoms with van der Waals surface area (Å²) in [5.41, 5.74) is 0. The fourth-order valence-electron chi connectivity index (χ4n) is 1.06. The summed E-state index contributed by atoms with van der Waals surface area (Å²) >= 11 is 0. The van der Waals surface area contributed by atoms with E-state index in [1.165, 1.54) is 7.11 Å². The SMILES string of the molecule is COC(=O)CCC[C@@H]1O[C@H]1C=O. The molecule has 0 spiro atoms. The highest BCUT2D eigenvalue weighted by atomic mass is 16.6. The third kappa shape index (κ3) is 2.62. The van der Waals surface area contributed by atoms with Gasteiger partial charge in [-0.25, -0.2) is 0 Å². The van der Waals surface area contributed by atoms with Gasteiger partial charge in [-0.2, -0.15) is 0 Å². The van der Waals surface area contributed by atoms with Crippen molar-refractivity contribution in [2.75, 3.05) is 7.11 Å². The van der Waals surface area contributed by atoms with E-state index in [4.69, 9.17) is 4.74 Å².